The molecule has 1 aliphatic heterocycles. The number of carbonyl (C=O) groups is 1. The van der Waals surface area contributed by atoms with Crippen molar-refractivity contribution in [2.75, 3.05) is 13.2 Å². The van der Waals surface area contributed by atoms with E-state index in [1.165, 1.54) is 0 Å². The Morgan fingerprint density at radius 1 is 1.21 bits per heavy atom. The van der Waals surface area contributed by atoms with Gasteiger partial charge in [-0.1, -0.05) is 37.1 Å². The molecule has 0 aromatic rings. The van der Waals surface area contributed by atoms with Gasteiger partial charge >= 0.3 is 0 Å². The van der Waals surface area contributed by atoms with Crippen LogP contribution in [0.4, 0.5) is 0 Å². The Hall–Kier alpha value is -1.68. The van der Waals surface area contributed by atoms with Gasteiger partial charge in [0.1, 0.15) is 5.84 Å². The number of aliphatic imine (C=N–C) groups is 1. The molecule has 19 heavy (non-hydrogen) atoms. The second-order valence-corrected chi connectivity index (χ2v) is 4.76. The van der Waals surface area contributed by atoms with Crippen molar-refractivity contribution in [3.05, 3.63) is 36.0 Å². The molecule has 4 nitrogen and oxygen atoms in total. The average Bonchev–Trinajstić information content (AvgIpc) is 2.43. The van der Waals surface area contributed by atoms with Crippen LogP contribution < -0.4 is 5.32 Å². The zero-order valence-corrected chi connectivity index (χ0v) is 11.0. The first-order valence-corrected chi connectivity index (χ1v) is 6.84. The van der Waals surface area contributed by atoms with E-state index in [0.29, 0.717) is 5.84 Å². The fraction of sp³-hybridized carbons (Fsp3) is 0.467. The Kier molecular flexibility index (Phi) is 5.10. The van der Waals surface area contributed by atoms with Crippen molar-refractivity contribution >= 4 is 11.7 Å². The molecule has 0 saturated heterocycles. The van der Waals surface area contributed by atoms with Gasteiger partial charge in [-0.15, -0.1) is 0 Å². The summed E-state index contributed by atoms with van der Waals surface area (Å²) in [5.41, 5.74) is 1.00. The molecule has 0 saturated carbocycles. The van der Waals surface area contributed by atoms with Crippen molar-refractivity contribution in [1.82, 2.24) is 5.32 Å². The number of rotatable bonds is 6. The summed E-state index contributed by atoms with van der Waals surface area (Å²) in [4.78, 5) is 16.3. The maximum Gasteiger partial charge on any atom is 0.236 e. The molecule has 4 heteroatoms. The number of hydrogen-bond donors (Lipinski definition) is 2. The number of hydrogen-bond acceptors (Lipinski definition) is 3. The van der Waals surface area contributed by atoms with Crippen molar-refractivity contribution < 1.29 is 9.90 Å². The van der Waals surface area contributed by atoms with Crippen molar-refractivity contribution in [3.63, 3.8) is 0 Å². The van der Waals surface area contributed by atoms with E-state index in [-0.39, 0.29) is 18.4 Å². The summed E-state index contributed by atoms with van der Waals surface area (Å²) in [6.07, 6.45) is 13.6. The standard InChI is InChI=1S/C15H20N2O2/c18-10-6-2-1-5-9-16-14-11-12-7-3-4-8-13(12)15(19)17-14/h3-4,7-8,11,13,18H,1-2,5-6,9-10H2,(H,16,17,19). The summed E-state index contributed by atoms with van der Waals surface area (Å²) in [7, 11) is 0. The second kappa shape index (κ2) is 7.04. The lowest BCUT2D eigenvalue weighted by molar-refractivity contribution is -0.121. The summed E-state index contributed by atoms with van der Waals surface area (Å²) in [5, 5.41) is 11.5. The van der Waals surface area contributed by atoms with E-state index in [9.17, 15) is 4.79 Å². The predicted octanol–water partition coefficient (Wildman–Crippen LogP) is 1.74. The van der Waals surface area contributed by atoms with Crippen LogP contribution in [0.3, 0.4) is 0 Å². The lowest BCUT2D eigenvalue weighted by atomic mass is 9.91. The Bertz CT molecular complexity index is 447. The summed E-state index contributed by atoms with van der Waals surface area (Å²) in [6, 6.07) is 0. The maximum absolute atomic E-state index is 11.9. The smallest absolute Gasteiger partial charge is 0.236 e. The van der Waals surface area contributed by atoms with Crippen LogP contribution in [0.5, 0.6) is 0 Å². The molecule has 0 aromatic heterocycles. The van der Waals surface area contributed by atoms with Gasteiger partial charge in [-0.05, 0) is 24.5 Å². The highest BCUT2D eigenvalue weighted by Gasteiger charge is 2.25. The minimum atomic E-state index is -0.159. The summed E-state index contributed by atoms with van der Waals surface area (Å²) < 4.78 is 0. The molecule has 0 aromatic carbocycles. The molecule has 1 atom stereocenters. The third kappa shape index (κ3) is 3.89. The Balaban J connectivity index is 1.86. The van der Waals surface area contributed by atoms with E-state index in [1.807, 2.05) is 30.4 Å². The number of amidine groups is 1. The van der Waals surface area contributed by atoms with Gasteiger partial charge < -0.3 is 10.4 Å². The van der Waals surface area contributed by atoms with Crippen molar-refractivity contribution in [2.24, 2.45) is 10.9 Å². The van der Waals surface area contributed by atoms with Gasteiger partial charge in [0.25, 0.3) is 0 Å². The molecule has 2 N–H and O–H groups in total. The SMILES string of the molecule is O=C1NC(=NCCCCCCO)C=C2C=CC=CC12. The molecule has 102 valence electrons. The van der Waals surface area contributed by atoms with E-state index >= 15 is 0 Å². The van der Waals surface area contributed by atoms with Crippen LogP contribution in [0.2, 0.25) is 0 Å². The fourth-order valence-corrected chi connectivity index (χ4v) is 2.19. The molecule has 1 heterocycles. The Morgan fingerprint density at radius 2 is 2.05 bits per heavy atom. The molecule has 1 aliphatic carbocycles. The summed E-state index contributed by atoms with van der Waals surface area (Å²) >= 11 is 0. The average molecular weight is 260 g/mol. The van der Waals surface area contributed by atoms with E-state index in [1.54, 1.807) is 0 Å². The maximum atomic E-state index is 11.9. The minimum Gasteiger partial charge on any atom is -0.396 e. The van der Waals surface area contributed by atoms with Gasteiger partial charge in [-0.2, -0.15) is 0 Å². The third-order valence-electron chi connectivity index (χ3n) is 3.25. The number of amides is 1. The van der Waals surface area contributed by atoms with Gasteiger partial charge in [0.05, 0.1) is 5.92 Å². The summed E-state index contributed by atoms with van der Waals surface area (Å²) in [6.45, 7) is 0.979. The Morgan fingerprint density at radius 3 is 2.89 bits per heavy atom. The number of aliphatic hydroxyl groups is 1. The van der Waals surface area contributed by atoms with Gasteiger partial charge in [-0.3, -0.25) is 9.79 Å². The molecule has 2 rings (SSSR count). The third-order valence-corrected chi connectivity index (χ3v) is 3.25. The van der Waals surface area contributed by atoms with Gasteiger partial charge in [0.2, 0.25) is 5.91 Å². The topological polar surface area (TPSA) is 61.7 Å². The van der Waals surface area contributed by atoms with Crippen molar-refractivity contribution in [3.8, 4) is 0 Å². The zero-order valence-electron chi connectivity index (χ0n) is 11.0. The molecule has 0 spiro atoms. The highest BCUT2D eigenvalue weighted by molar-refractivity contribution is 6.10. The second-order valence-electron chi connectivity index (χ2n) is 4.76. The largest absolute Gasteiger partial charge is 0.396 e. The first-order valence-electron chi connectivity index (χ1n) is 6.84. The lowest BCUT2D eigenvalue weighted by Gasteiger charge is -2.22. The molecule has 2 aliphatic rings. The number of nitrogens with one attached hydrogen (secondary N) is 1. The quantitative estimate of drug-likeness (QED) is 0.714. The number of carbonyl (C=O) groups excluding carboxylic acids is 1. The predicted molar refractivity (Wildman–Crippen MR) is 75.9 cm³/mol. The minimum absolute atomic E-state index is 0.00266. The first kappa shape index (κ1) is 13.7. The van der Waals surface area contributed by atoms with Crippen LogP contribution in [0.25, 0.3) is 0 Å². The van der Waals surface area contributed by atoms with E-state index in [2.05, 4.69) is 10.3 Å². The van der Waals surface area contributed by atoms with Crippen LogP contribution in [0, 0.1) is 5.92 Å². The van der Waals surface area contributed by atoms with Gasteiger partial charge in [0, 0.05) is 13.2 Å². The summed E-state index contributed by atoms with van der Waals surface area (Å²) in [5.74, 6) is 0.504. The fourth-order valence-electron chi connectivity index (χ4n) is 2.19. The normalized spacial score (nSPS) is 23.2. The van der Waals surface area contributed by atoms with Crippen molar-refractivity contribution in [2.45, 2.75) is 25.7 Å². The first-order chi connectivity index (χ1) is 9.31. The Labute approximate surface area is 113 Å². The number of fused-ring (bicyclic) bond motifs is 1. The van der Waals surface area contributed by atoms with Crippen LogP contribution in [0.1, 0.15) is 25.7 Å². The zero-order chi connectivity index (χ0) is 13.5. The van der Waals surface area contributed by atoms with Crippen LogP contribution in [-0.4, -0.2) is 30.0 Å². The van der Waals surface area contributed by atoms with Crippen LogP contribution in [0.15, 0.2) is 40.9 Å². The molecular weight excluding hydrogens is 240 g/mol. The molecule has 1 unspecified atom stereocenters. The van der Waals surface area contributed by atoms with E-state index in [0.717, 1.165) is 37.8 Å². The monoisotopic (exact) mass is 260 g/mol. The number of unbranched alkanes of at least 4 members (excludes halogenated alkanes) is 3. The van der Waals surface area contributed by atoms with E-state index in [4.69, 9.17) is 5.11 Å². The molecule has 0 bridgehead atoms. The lowest BCUT2D eigenvalue weighted by Crippen LogP contribution is -2.39. The van der Waals surface area contributed by atoms with Crippen LogP contribution in [-0.2, 0) is 4.79 Å². The number of aliphatic hydroxyl groups excluding tert-OH is 1. The molecular formula is C15H20N2O2. The van der Waals surface area contributed by atoms with Gasteiger partial charge in [0.15, 0.2) is 0 Å². The van der Waals surface area contributed by atoms with Crippen LogP contribution >= 0.6 is 0 Å². The van der Waals surface area contributed by atoms with Gasteiger partial charge in [-0.25, -0.2) is 0 Å². The molecule has 1 amide bonds. The highest BCUT2D eigenvalue weighted by Crippen LogP contribution is 2.21. The highest BCUT2D eigenvalue weighted by atomic mass is 16.2. The number of nitrogens with zero attached hydrogens (tertiary/aromatic N) is 1. The van der Waals surface area contributed by atoms with Crippen molar-refractivity contribution in [1.29, 1.82) is 0 Å². The molecule has 0 fully saturated rings. The number of allylic oxidation sites excluding steroid dienone is 3. The molecule has 0 radical (unpaired) electrons. The van der Waals surface area contributed by atoms with E-state index < -0.39 is 0 Å².